The van der Waals surface area contributed by atoms with Gasteiger partial charge in [-0.05, 0) is 47.0 Å². The number of aromatic hydroxyl groups is 1. The normalized spacial score (nSPS) is 32.1. The van der Waals surface area contributed by atoms with E-state index in [1.54, 1.807) is 12.1 Å². The van der Waals surface area contributed by atoms with Gasteiger partial charge in [0.1, 0.15) is 5.75 Å². The number of phenols is 1. The Kier molecular flexibility index (Phi) is 3.70. The van der Waals surface area contributed by atoms with E-state index < -0.39 is 0 Å². The lowest BCUT2D eigenvalue weighted by molar-refractivity contribution is -0.117. The number of nitrogens with two attached hydrogens (primary N) is 1. The largest absolute Gasteiger partial charge is 0.507 e. The molecule has 0 spiro atoms. The molecular formula is C14H17BrN2O3. The number of hydrogen-bond acceptors (Lipinski definition) is 4. The Morgan fingerprint density at radius 3 is 3.05 bits per heavy atom. The minimum absolute atomic E-state index is 0.0340. The summed E-state index contributed by atoms with van der Waals surface area (Å²) in [5.41, 5.74) is 6.52. The van der Waals surface area contributed by atoms with Crippen molar-refractivity contribution in [2.24, 2.45) is 11.7 Å². The van der Waals surface area contributed by atoms with Crippen LogP contribution in [0.2, 0.25) is 0 Å². The van der Waals surface area contributed by atoms with Crippen molar-refractivity contribution >= 4 is 21.8 Å². The fraction of sp³-hybridized carbons (Fsp3) is 0.500. The number of hydrogen-bond donors (Lipinski definition) is 3. The number of amides is 1. The minimum Gasteiger partial charge on any atom is -0.507 e. The van der Waals surface area contributed by atoms with Crippen LogP contribution >= 0.6 is 15.9 Å². The second-order valence-corrected chi connectivity index (χ2v) is 6.24. The summed E-state index contributed by atoms with van der Waals surface area (Å²) >= 11 is 3.19. The molecular weight excluding hydrogens is 324 g/mol. The Hall–Kier alpha value is -1.11. The second kappa shape index (κ2) is 5.35. The molecule has 2 fully saturated rings. The highest BCUT2D eigenvalue weighted by molar-refractivity contribution is 9.10. The molecule has 20 heavy (non-hydrogen) atoms. The molecule has 108 valence electrons. The summed E-state index contributed by atoms with van der Waals surface area (Å²) in [6.07, 6.45) is 2.14. The first-order chi connectivity index (χ1) is 9.58. The number of halogens is 1. The van der Waals surface area contributed by atoms with Gasteiger partial charge in [-0.2, -0.15) is 0 Å². The highest BCUT2D eigenvalue weighted by atomic mass is 79.9. The third-order valence-electron chi connectivity index (χ3n) is 4.18. The van der Waals surface area contributed by atoms with Crippen LogP contribution in [-0.4, -0.2) is 35.8 Å². The maximum atomic E-state index is 12.2. The standard InChI is InChI=1S/C14H17BrN2O3/c15-9-4-3-7(6-10(9)18)14(19)17-12-11(16)8-2-1-5-20-13(8)12/h3-4,6,8,11-13,18H,1-2,5,16H2,(H,17,19). The molecule has 5 nitrogen and oxygen atoms in total. The van der Waals surface area contributed by atoms with Crippen LogP contribution in [0.3, 0.4) is 0 Å². The van der Waals surface area contributed by atoms with E-state index in [1.165, 1.54) is 6.07 Å². The summed E-state index contributed by atoms with van der Waals surface area (Å²) < 4.78 is 6.25. The smallest absolute Gasteiger partial charge is 0.251 e. The van der Waals surface area contributed by atoms with Gasteiger partial charge in [0.15, 0.2) is 0 Å². The van der Waals surface area contributed by atoms with E-state index in [1.807, 2.05) is 0 Å². The van der Waals surface area contributed by atoms with Gasteiger partial charge < -0.3 is 20.9 Å². The lowest BCUT2D eigenvalue weighted by Gasteiger charge is -2.52. The van der Waals surface area contributed by atoms with Crippen LogP contribution in [0.1, 0.15) is 23.2 Å². The van der Waals surface area contributed by atoms with Crippen molar-refractivity contribution < 1.29 is 14.6 Å². The molecule has 1 heterocycles. The number of ether oxygens (including phenoxy) is 1. The Balaban J connectivity index is 1.68. The fourth-order valence-electron chi connectivity index (χ4n) is 3.01. The van der Waals surface area contributed by atoms with E-state index >= 15 is 0 Å². The van der Waals surface area contributed by atoms with E-state index in [9.17, 15) is 9.90 Å². The van der Waals surface area contributed by atoms with Gasteiger partial charge in [0.05, 0.1) is 16.6 Å². The summed E-state index contributed by atoms with van der Waals surface area (Å²) in [6, 6.07) is 4.54. The highest BCUT2D eigenvalue weighted by Crippen LogP contribution is 2.37. The highest BCUT2D eigenvalue weighted by Gasteiger charge is 2.51. The number of nitrogens with one attached hydrogen (secondary N) is 1. The predicted molar refractivity (Wildman–Crippen MR) is 77.5 cm³/mol. The van der Waals surface area contributed by atoms with Gasteiger partial charge in [-0.3, -0.25) is 4.79 Å². The summed E-state index contributed by atoms with van der Waals surface area (Å²) in [6.45, 7) is 0.735. The van der Waals surface area contributed by atoms with Gasteiger partial charge in [0, 0.05) is 24.1 Å². The first-order valence-electron chi connectivity index (χ1n) is 6.74. The molecule has 2 aliphatic rings. The SMILES string of the molecule is NC1C2CCCOC2C1NC(=O)c1ccc(Br)c(O)c1. The van der Waals surface area contributed by atoms with Crippen LogP contribution < -0.4 is 11.1 Å². The Labute approximate surface area is 125 Å². The molecule has 4 N–H and O–H groups in total. The second-order valence-electron chi connectivity index (χ2n) is 5.38. The Morgan fingerprint density at radius 1 is 1.50 bits per heavy atom. The summed E-state index contributed by atoms with van der Waals surface area (Å²) in [5.74, 6) is 0.163. The molecule has 3 rings (SSSR count). The zero-order valence-corrected chi connectivity index (χ0v) is 12.5. The van der Waals surface area contributed by atoms with Crippen LogP contribution in [0.4, 0.5) is 0 Å². The van der Waals surface area contributed by atoms with Crippen molar-refractivity contribution in [3.8, 4) is 5.75 Å². The quantitative estimate of drug-likeness (QED) is 0.759. The van der Waals surface area contributed by atoms with Crippen LogP contribution in [0.5, 0.6) is 5.75 Å². The first kappa shape index (κ1) is 13.9. The number of rotatable bonds is 2. The molecule has 4 unspecified atom stereocenters. The summed E-state index contributed by atoms with van der Waals surface area (Å²) in [4.78, 5) is 12.2. The van der Waals surface area contributed by atoms with E-state index in [4.69, 9.17) is 10.5 Å². The van der Waals surface area contributed by atoms with Crippen molar-refractivity contribution in [1.29, 1.82) is 0 Å². The molecule has 6 heteroatoms. The van der Waals surface area contributed by atoms with E-state index in [0.29, 0.717) is 16.0 Å². The van der Waals surface area contributed by atoms with E-state index in [-0.39, 0.29) is 29.8 Å². The number of carbonyl (C=O) groups excluding carboxylic acids is 1. The first-order valence-corrected chi connectivity index (χ1v) is 7.54. The number of fused-ring (bicyclic) bond motifs is 1. The van der Waals surface area contributed by atoms with Gasteiger partial charge in [-0.25, -0.2) is 0 Å². The molecule has 0 aromatic heterocycles. The summed E-state index contributed by atoms with van der Waals surface area (Å²) in [7, 11) is 0. The molecule has 4 atom stereocenters. The molecule has 1 aromatic carbocycles. The molecule has 1 saturated carbocycles. The maximum absolute atomic E-state index is 12.2. The van der Waals surface area contributed by atoms with Crippen molar-refractivity contribution in [3.05, 3.63) is 28.2 Å². The van der Waals surface area contributed by atoms with Gasteiger partial charge in [0.25, 0.3) is 5.91 Å². The average Bonchev–Trinajstić information content (AvgIpc) is 2.47. The van der Waals surface area contributed by atoms with Crippen molar-refractivity contribution in [2.75, 3.05) is 6.61 Å². The number of benzene rings is 1. The van der Waals surface area contributed by atoms with Crippen LogP contribution in [0.15, 0.2) is 22.7 Å². The molecule has 1 saturated heterocycles. The van der Waals surface area contributed by atoms with Gasteiger partial charge in [-0.1, -0.05) is 0 Å². The van der Waals surface area contributed by atoms with Crippen molar-refractivity contribution in [1.82, 2.24) is 5.32 Å². The Morgan fingerprint density at radius 2 is 2.30 bits per heavy atom. The zero-order valence-electron chi connectivity index (χ0n) is 10.9. The molecule has 0 radical (unpaired) electrons. The fourth-order valence-corrected chi connectivity index (χ4v) is 3.26. The van der Waals surface area contributed by atoms with E-state index in [0.717, 1.165) is 19.4 Å². The van der Waals surface area contributed by atoms with Crippen LogP contribution in [0.25, 0.3) is 0 Å². The third-order valence-corrected chi connectivity index (χ3v) is 4.85. The van der Waals surface area contributed by atoms with Gasteiger partial charge >= 0.3 is 0 Å². The molecule has 0 bridgehead atoms. The Bertz CT molecular complexity index is 537. The average molecular weight is 341 g/mol. The molecule has 1 aliphatic heterocycles. The summed E-state index contributed by atoms with van der Waals surface area (Å²) in [5, 5.41) is 12.5. The molecule has 1 amide bonds. The zero-order chi connectivity index (χ0) is 14.3. The van der Waals surface area contributed by atoms with Gasteiger partial charge in [0.2, 0.25) is 0 Å². The van der Waals surface area contributed by atoms with Crippen LogP contribution in [0, 0.1) is 5.92 Å². The van der Waals surface area contributed by atoms with E-state index in [2.05, 4.69) is 21.2 Å². The number of carbonyl (C=O) groups is 1. The predicted octanol–water partition coefficient (Wildman–Crippen LogP) is 1.39. The lowest BCUT2D eigenvalue weighted by atomic mass is 9.68. The molecule has 1 aromatic rings. The number of phenolic OH excluding ortho intramolecular Hbond substituents is 1. The van der Waals surface area contributed by atoms with Crippen LogP contribution in [-0.2, 0) is 4.74 Å². The minimum atomic E-state index is -0.235. The lowest BCUT2D eigenvalue weighted by Crippen LogP contribution is -2.72. The third kappa shape index (κ3) is 2.32. The van der Waals surface area contributed by atoms with Crippen molar-refractivity contribution in [3.63, 3.8) is 0 Å². The van der Waals surface area contributed by atoms with Gasteiger partial charge in [-0.15, -0.1) is 0 Å². The maximum Gasteiger partial charge on any atom is 0.251 e. The monoisotopic (exact) mass is 340 g/mol. The topological polar surface area (TPSA) is 84.6 Å². The molecule has 1 aliphatic carbocycles. The van der Waals surface area contributed by atoms with Crippen molar-refractivity contribution in [2.45, 2.75) is 31.0 Å².